The molecule has 8 nitrogen and oxygen atoms in total. The molecule has 4 rings (SSSR count). The minimum absolute atomic E-state index is 0.315. The van der Waals surface area contributed by atoms with E-state index in [0.29, 0.717) is 18.5 Å². The summed E-state index contributed by atoms with van der Waals surface area (Å²) in [7, 11) is 0. The molecule has 0 amide bonds. The van der Waals surface area contributed by atoms with E-state index in [1.165, 1.54) is 0 Å². The van der Waals surface area contributed by atoms with Crippen molar-refractivity contribution < 1.29 is 4.74 Å². The third kappa shape index (κ3) is 2.52. The summed E-state index contributed by atoms with van der Waals surface area (Å²) in [4.78, 5) is 16.1. The van der Waals surface area contributed by atoms with Crippen molar-refractivity contribution in [1.29, 1.82) is 0 Å². The summed E-state index contributed by atoms with van der Waals surface area (Å²) in [5, 5.41) is 9.59. The first-order chi connectivity index (χ1) is 11.2. The highest BCUT2D eigenvalue weighted by Crippen LogP contribution is 2.37. The van der Waals surface area contributed by atoms with E-state index < -0.39 is 5.69 Å². The molecular formula is C15H16N6O2. The Kier molecular flexibility index (Phi) is 3.22. The van der Waals surface area contributed by atoms with Gasteiger partial charge >= 0.3 is 5.69 Å². The van der Waals surface area contributed by atoms with Gasteiger partial charge in [-0.15, -0.1) is 4.68 Å². The summed E-state index contributed by atoms with van der Waals surface area (Å²) in [5.41, 5.74) is 1.47. The molecule has 1 aliphatic carbocycles. The van der Waals surface area contributed by atoms with E-state index in [-0.39, 0.29) is 0 Å². The van der Waals surface area contributed by atoms with Gasteiger partial charge in [-0.3, -0.25) is 0 Å². The van der Waals surface area contributed by atoms with Crippen LogP contribution in [-0.4, -0.2) is 29.8 Å². The number of benzene rings is 1. The molecule has 1 aliphatic rings. The molecule has 0 spiro atoms. The van der Waals surface area contributed by atoms with Crippen LogP contribution in [0.1, 0.15) is 30.1 Å². The normalized spacial score (nSPS) is 14.1. The van der Waals surface area contributed by atoms with Crippen LogP contribution in [-0.2, 0) is 6.61 Å². The van der Waals surface area contributed by atoms with Gasteiger partial charge in [0.2, 0.25) is 0 Å². The van der Waals surface area contributed by atoms with Gasteiger partial charge < -0.3 is 9.30 Å². The monoisotopic (exact) mass is 312 g/mol. The fraction of sp³-hybridized carbons (Fsp3) is 0.333. The molecule has 118 valence electrons. The Bertz CT molecular complexity index is 889. The fourth-order valence-corrected chi connectivity index (χ4v) is 2.56. The lowest BCUT2D eigenvalue weighted by Gasteiger charge is -2.12. The number of tetrazole rings is 1. The molecule has 3 aromatic rings. The highest BCUT2D eigenvalue weighted by Gasteiger charge is 2.28. The largest absolute Gasteiger partial charge is 0.487 e. The van der Waals surface area contributed by atoms with Crippen molar-refractivity contribution in [2.45, 2.75) is 32.4 Å². The lowest BCUT2D eigenvalue weighted by atomic mass is 10.2. The van der Waals surface area contributed by atoms with Gasteiger partial charge in [-0.1, -0.05) is 18.2 Å². The van der Waals surface area contributed by atoms with Crippen LogP contribution in [0.5, 0.6) is 5.75 Å². The second-order valence-electron chi connectivity index (χ2n) is 5.63. The molecule has 0 aliphatic heterocycles. The van der Waals surface area contributed by atoms with Gasteiger partial charge in [0, 0.05) is 6.04 Å². The first-order valence-electron chi connectivity index (χ1n) is 7.49. The van der Waals surface area contributed by atoms with Crippen LogP contribution >= 0.6 is 0 Å². The maximum Gasteiger partial charge on any atom is 0.367 e. The summed E-state index contributed by atoms with van der Waals surface area (Å²) >= 11 is 0. The summed E-state index contributed by atoms with van der Waals surface area (Å²) < 4.78 is 9.17. The third-order valence-electron chi connectivity index (χ3n) is 3.95. The smallest absolute Gasteiger partial charge is 0.367 e. The number of aromatic nitrogens is 6. The van der Waals surface area contributed by atoms with Crippen molar-refractivity contribution in [3.05, 3.63) is 52.3 Å². The topological polar surface area (TPSA) is 90.6 Å². The Hall–Kier alpha value is -2.90. The molecular weight excluding hydrogens is 296 g/mol. The third-order valence-corrected chi connectivity index (χ3v) is 3.95. The number of para-hydroxylation sites is 1. The van der Waals surface area contributed by atoms with E-state index in [0.717, 1.165) is 34.5 Å². The summed E-state index contributed by atoms with van der Waals surface area (Å²) in [6.07, 6.45) is 3.96. The van der Waals surface area contributed by atoms with E-state index in [1.54, 1.807) is 6.33 Å². The van der Waals surface area contributed by atoms with Gasteiger partial charge in [-0.2, -0.15) is 0 Å². The molecule has 0 bridgehead atoms. The molecule has 23 heavy (non-hydrogen) atoms. The summed E-state index contributed by atoms with van der Waals surface area (Å²) in [6.45, 7) is 2.31. The molecule has 1 aromatic carbocycles. The molecule has 0 saturated heterocycles. The molecule has 0 atom stereocenters. The van der Waals surface area contributed by atoms with Gasteiger partial charge in [-0.05, 0) is 41.8 Å². The van der Waals surface area contributed by atoms with E-state index in [2.05, 4.69) is 25.1 Å². The number of H-pyrrole nitrogens is 1. The van der Waals surface area contributed by atoms with Crippen molar-refractivity contribution in [1.82, 2.24) is 29.8 Å². The number of rotatable bonds is 5. The number of ether oxygens (including phenoxy) is 1. The Balaban J connectivity index is 1.69. The van der Waals surface area contributed by atoms with Gasteiger partial charge in [0.25, 0.3) is 0 Å². The Morgan fingerprint density at radius 1 is 1.35 bits per heavy atom. The Morgan fingerprint density at radius 2 is 2.17 bits per heavy atom. The number of hydrogen-bond acceptors (Lipinski definition) is 5. The van der Waals surface area contributed by atoms with Gasteiger partial charge in [0.05, 0.1) is 6.33 Å². The van der Waals surface area contributed by atoms with Crippen molar-refractivity contribution in [3.63, 3.8) is 0 Å². The summed E-state index contributed by atoms with van der Waals surface area (Å²) in [6, 6.07) is 8.25. The number of imidazole rings is 1. The van der Waals surface area contributed by atoms with Gasteiger partial charge in [0.1, 0.15) is 18.1 Å². The molecule has 1 saturated carbocycles. The van der Waals surface area contributed by atoms with E-state index in [4.69, 9.17) is 4.74 Å². The van der Waals surface area contributed by atoms with Crippen LogP contribution in [0.25, 0.3) is 5.82 Å². The molecule has 2 heterocycles. The number of aromatic amines is 1. The van der Waals surface area contributed by atoms with Crippen molar-refractivity contribution >= 4 is 0 Å². The fourth-order valence-electron chi connectivity index (χ4n) is 2.56. The molecule has 2 aromatic heterocycles. The van der Waals surface area contributed by atoms with Gasteiger partial charge in [0.15, 0.2) is 5.82 Å². The van der Waals surface area contributed by atoms with Crippen molar-refractivity contribution in [2.24, 2.45) is 0 Å². The highest BCUT2D eigenvalue weighted by atomic mass is 16.5. The zero-order valence-corrected chi connectivity index (χ0v) is 12.6. The first kappa shape index (κ1) is 13.7. The summed E-state index contributed by atoms with van der Waals surface area (Å²) in [5.74, 6) is 1.28. The van der Waals surface area contributed by atoms with E-state index in [1.807, 2.05) is 31.2 Å². The molecule has 8 heteroatoms. The number of nitrogens with one attached hydrogen (secondary N) is 1. The zero-order chi connectivity index (χ0) is 15.8. The van der Waals surface area contributed by atoms with E-state index >= 15 is 0 Å². The van der Waals surface area contributed by atoms with Crippen molar-refractivity contribution in [2.75, 3.05) is 0 Å². The van der Waals surface area contributed by atoms with Crippen LogP contribution in [0.3, 0.4) is 0 Å². The number of hydrogen-bond donors (Lipinski definition) is 1. The molecule has 1 N–H and O–H groups in total. The minimum Gasteiger partial charge on any atom is -0.487 e. The predicted octanol–water partition coefficient (Wildman–Crippen LogP) is 1.37. The Morgan fingerprint density at radius 3 is 2.87 bits per heavy atom. The lowest BCUT2D eigenvalue weighted by molar-refractivity contribution is 0.292. The SMILES string of the molecule is Cc1ccccc1OCc1c(-n2nn[nH]c2=O)ncn1C1CC1. The zero-order valence-electron chi connectivity index (χ0n) is 12.6. The van der Waals surface area contributed by atoms with Gasteiger partial charge in [-0.25, -0.2) is 14.9 Å². The van der Waals surface area contributed by atoms with Crippen LogP contribution in [0, 0.1) is 6.92 Å². The molecule has 0 unspecified atom stereocenters. The quantitative estimate of drug-likeness (QED) is 0.768. The number of nitrogens with zero attached hydrogens (tertiary/aromatic N) is 5. The standard InChI is InChI=1S/C15H16N6O2/c1-10-4-2-3-5-13(10)23-8-12-14(21-15(22)17-18-19-21)16-9-20(12)11-6-7-11/h2-5,9,11H,6-8H2,1H3,(H,17,19,22). The average molecular weight is 312 g/mol. The molecule has 1 fully saturated rings. The second-order valence-corrected chi connectivity index (χ2v) is 5.63. The van der Waals surface area contributed by atoms with Crippen LogP contribution in [0.2, 0.25) is 0 Å². The maximum absolute atomic E-state index is 11.8. The lowest BCUT2D eigenvalue weighted by Crippen LogP contribution is -2.19. The average Bonchev–Trinajstić information content (AvgIpc) is 3.18. The predicted molar refractivity (Wildman–Crippen MR) is 81.5 cm³/mol. The molecule has 0 radical (unpaired) electrons. The van der Waals surface area contributed by atoms with Crippen LogP contribution in [0.4, 0.5) is 0 Å². The minimum atomic E-state index is -0.414. The Labute approximate surface area is 131 Å². The van der Waals surface area contributed by atoms with Crippen LogP contribution in [0.15, 0.2) is 35.4 Å². The van der Waals surface area contributed by atoms with Crippen LogP contribution < -0.4 is 10.4 Å². The van der Waals surface area contributed by atoms with E-state index in [9.17, 15) is 4.79 Å². The second kappa shape index (κ2) is 5.38. The first-order valence-corrected chi connectivity index (χ1v) is 7.49. The van der Waals surface area contributed by atoms with Crippen molar-refractivity contribution in [3.8, 4) is 11.6 Å². The highest BCUT2D eigenvalue weighted by molar-refractivity contribution is 5.33. The number of aryl methyl sites for hydroxylation is 1. The maximum atomic E-state index is 11.8.